The fourth-order valence-electron chi connectivity index (χ4n) is 3.33. The Bertz CT molecular complexity index is 306. The van der Waals surface area contributed by atoms with Gasteiger partial charge in [0.15, 0.2) is 0 Å². The molecule has 0 bridgehead atoms. The van der Waals surface area contributed by atoms with Crippen LogP contribution in [0.2, 0.25) is 0 Å². The second-order valence-corrected chi connectivity index (χ2v) is 6.09. The minimum Gasteiger partial charge on any atom is -0.381 e. The Labute approximate surface area is 110 Å². The van der Waals surface area contributed by atoms with Gasteiger partial charge in [-0.2, -0.15) is 0 Å². The molecule has 1 heterocycles. The minimum atomic E-state index is 0.0154. The van der Waals surface area contributed by atoms with E-state index >= 15 is 0 Å². The summed E-state index contributed by atoms with van der Waals surface area (Å²) >= 11 is 0. The van der Waals surface area contributed by atoms with E-state index < -0.39 is 0 Å². The number of amides is 1. The van der Waals surface area contributed by atoms with Crippen LogP contribution >= 0.6 is 0 Å². The maximum atomic E-state index is 12.5. The number of rotatable bonds is 4. The molecule has 1 aliphatic carbocycles. The summed E-state index contributed by atoms with van der Waals surface area (Å²) in [6.45, 7) is 6.43. The number of nitrogens with zero attached hydrogens (tertiary/aromatic N) is 1. The van der Waals surface area contributed by atoms with Crippen molar-refractivity contribution in [3.05, 3.63) is 0 Å². The van der Waals surface area contributed by atoms with Crippen molar-refractivity contribution in [2.24, 2.45) is 5.92 Å². The summed E-state index contributed by atoms with van der Waals surface area (Å²) in [4.78, 5) is 14.5. The molecule has 0 aromatic carbocycles. The van der Waals surface area contributed by atoms with Gasteiger partial charge in [-0.3, -0.25) is 10.1 Å². The van der Waals surface area contributed by atoms with Crippen LogP contribution < -0.4 is 5.32 Å². The second-order valence-electron chi connectivity index (χ2n) is 6.09. The van der Waals surface area contributed by atoms with Crippen molar-refractivity contribution < 1.29 is 9.53 Å². The van der Waals surface area contributed by atoms with E-state index in [-0.39, 0.29) is 18.1 Å². The van der Waals surface area contributed by atoms with Crippen LogP contribution in [0, 0.1) is 5.92 Å². The fraction of sp³-hybridized carbons (Fsp3) is 0.929. The highest BCUT2D eigenvalue weighted by molar-refractivity contribution is 5.84. The number of nitrogens with one attached hydrogen (secondary N) is 1. The van der Waals surface area contributed by atoms with Crippen LogP contribution in [0.3, 0.4) is 0 Å². The van der Waals surface area contributed by atoms with Crippen LogP contribution in [-0.2, 0) is 9.53 Å². The zero-order valence-electron chi connectivity index (χ0n) is 12.0. The van der Waals surface area contributed by atoms with E-state index in [0.717, 1.165) is 25.7 Å². The summed E-state index contributed by atoms with van der Waals surface area (Å²) in [7, 11) is 1.77. The largest absolute Gasteiger partial charge is 0.381 e. The van der Waals surface area contributed by atoms with Gasteiger partial charge in [0.05, 0.1) is 18.3 Å². The molecule has 0 aromatic heterocycles. The van der Waals surface area contributed by atoms with Gasteiger partial charge in [0.2, 0.25) is 5.91 Å². The van der Waals surface area contributed by atoms with Gasteiger partial charge in [0.1, 0.15) is 0 Å². The number of hydrogen-bond acceptors (Lipinski definition) is 3. The smallest absolute Gasteiger partial charge is 0.241 e. The number of methoxy groups -OCH3 is 1. The van der Waals surface area contributed by atoms with E-state index in [9.17, 15) is 4.79 Å². The standard InChI is InChI=1S/C14H26N2O2/c1-9(2)7-13-14(17)16(10(3)15-13)11-5-6-12(8-11)18-4/h9-13,15H,5-8H2,1-4H3. The van der Waals surface area contributed by atoms with Gasteiger partial charge < -0.3 is 9.64 Å². The van der Waals surface area contributed by atoms with E-state index in [4.69, 9.17) is 4.74 Å². The molecule has 1 amide bonds. The monoisotopic (exact) mass is 254 g/mol. The quantitative estimate of drug-likeness (QED) is 0.831. The van der Waals surface area contributed by atoms with Crippen molar-refractivity contribution in [1.82, 2.24) is 10.2 Å². The van der Waals surface area contributed by atoms with E-state index in [1.807, 2.05) is 0 Å². The lowest BCUT2D eigenvalue weighted by atomic mass is 10.0. The summed E-state index contributed by atoms with van der Waals surface area (Å²) in [6, 6.07) is 0.378. The van der Waals surface area contributed by atoms with E-state index in [1.165, 1.54) is 0 Å². The number of carbonyl (C=O) groups excluding carboxylic acids is 1. The first-order valence-electron chi connectivity index (χ1n) is 7.14. The van der Waals surface area contributed by atoms with Crippen molar-refractivity contribution in [2.45, 2.75) is 70.8 Å². The van der Waals surface area contributed by atoms with Crippen LogP contribution in [0.4, 0.5) is 0 Å². The molecule has 18 heavy (non-hydrogen) atoms. The predicted octanol–water partition coefficient (Wildman–Crippen LogP) is 1.75. The van der Waals surface area contributed by atoms with Crippen molar-refractivity contribution in [2.75, 3.05) is 7.11 Å². The van der Waals surface area contributed by atoms with Gasteiger partial charge >= 0.3 is 0 Å². The maximum absolute atomic E-state index is 12.5. The summed E-state index contributed by atoms with van der Waals surface area (Å²) in [5.74, 6) is 0.840. The first kappa shape index (κ1) is 13.8. The van der Waals surface area contributed by atoms with Gasteiger partial charge in [-0.15, -0.1) is 0 Å². The van der Waals surface area contributed by atoms with Crippen LogP contribution in [0.1, 0.15) is 46.5 Å². The lowest BCUT2D eigenvalue weighted by molar-refractivity contribution is -0.132. The topological polar surface area (TPSA) is 41.6 Å². The molecule has 4 heteroatoms. The third kappa shape index (κ3) is 2.69. The van der Waals surface area contributed by atoms with Gasteiger partial charge in [-0.05, 0) is 38.5 Å². The van der Waals surface area contributed by atoms with Crippen molar-refractivity contribution >= 4 is 5.91 Å². The maximum Gasteiger partial charge on any atom is 0.241 e. The summed E-state index contributed by atoms with van der Waals surface area (Å²) in [5, 5.41) is 3.43. The van der Waals surface area contributed by atoms with Crippen LogP contribution in [0.5, 0.6) is 0 Å². The first-order chi connectivity index (χ1) is 8.52. The molecule has 2 rings (SSSR count). The Morgan fingerprint density at radius 1 is 1.44 bits per heavy atom. The molecule has 4 nitrogen and oxygen atoms in total. The number of carbonyl (C=O) groups is 1. The first-order valence-corrected chi connectivity index (χ1v) is 7.14. The predicted molar refractivity (Wildman–Crippen MR) is 71.1 cm³/mol. The molecule has 1 saturated carbocycles. The van der Waals surface area contributed by atoms with Crippen LogP contribution in [0.15, 0.2) is 0 Å². The number of ether oxygens (including phenoxy) is 1. The minimum absolute atomic E-state index is 0.0154. The molecule has 4 atom stereocenters. The molecule has 1 N–H and O–H groups in total. The van der Waals surface area contributed by atoms with Crippen molar-refractivity contribution in [3.63, 3.8) is 0 Å². The summed E-state index contributed by atoms with van der Waals surface area (Å²) in [6.07, 6.45) is 4.57. The van der Waals surface area contributed by atoms with E-state index in [2.05, 4.69) is 31.0 Å². The second kappa shape index (κ2) is 5.57. The van der Waals surface area contributed by atoms with E-state index in [0.29, 0.717) is 18.1 Å². The highest BCUT2D eigenvalue weighted by Crippen LogP contribution is 2.30. The van der Waals surface area contributed by atoms with Crippen molar-refractivity contribution in [3.8, 4) is 0 Å². The highest BCUT2D eigenvalue weighted by Gasteiger charge is 2.42. The molecular formula is C14H26N2O2. The van der Waals surface area contributed by atoms with E-state index in [1.54, 1.807) is 7.11 Å². The molecule has 104 valence electrons. The molecule has 0 radical (unpaired) electrons. The third-order valence-corrected chi connectivity index (χ3v) is 4.20. The van der Waals surface area contributed by atoms with Gasteiger partial charge in [-0.25, -0.2) is 0 Å². The Morgan fingerprint density at radius 2 is 2.17 bits per heavy atom. The lowest BCUT2D eigenvalue weighted by Gasteiger charge is -2.28. The zero-order valence-corrected chi connectivity index (χ0v) is 12.0. The summed E-state index contributed by atoms with van der Waals surface area (Å²) < 4.78 is 5.40. The molecule has 4 unspecified atom stereocenters. The molecule has 1 saturated heterocycles. The molecule has 0 spiro atoms. The molecule has 2 fully saturated rings. The average Bonchev–Trinajstić information content (AvgIpc) is 2.84. The Morgan fingerprint density at radius 3 is 2.72 bits per heavy atom. The third-order valence-electron chi connectivity index (χ3n) is 4.20. The SMILES string of the molecule is COC1CCC(N2C(=O)C(CC(C)C)NC2C)C1. The zero-order chi connectivity index (χ0) is 13.3. The van der Waals surface area contributed by atoms with Crippen molar-refractivity contribution in [1.29, 1.82) is 0 Å². The Hall–Kier alpha value is -0.610. The molecule has 0 aromatic rings. The normalized spacial score (nSPS) is 36.9. The molecule has 1 aliphatic heterocycles. The van der Waals surface area contributed by atoms with Gasteiger partial charge in [0, 0.05) is 13.2 Å². The van der Waals surface area contributed by atoms with Gasteiger partial charge in [0.25, 0.3) is 0 Å². The molecular weight excluding hydrogens is 228 g/mol. The summed E-state index contributed by atoms with van der Waals surface area (Å²) in [5.41, 5.74) is 0. The Balaban J connectivity index is 1.99. The molecule has 2 aliphatic rings. The van der Waals surface area contributed by atoms with Gasteiger partial charge in [-0.1, -0.05) is 13.8 Å². The number of hydrogen-bond donors (Lipinski definition) is 1. The average molecular weight is 254 g/mol. The van der Waals surface area contributed by atoms with Crippen LogP contribution in [-0.4, -0.2) is 42.3 Å². The fourth-order valence-corrected chi connectivity index (χ4v) is 3.33. The lowest BCUT2D eigenvalue weighted by Crippen LogP contribution is -2.42. The highest BCUT2D eigenvalue weighted by atomic mass is 16.5. The van der Waals surface area contributed by atoms with Crippen LogP contribution in [0.25, 0.3) is 0 Å². The Kier molecular flexibility index (Phi) is 4.28.